The van der Waals surface area contributed by atoms with Crippen LogP contribution in [0.15, 0.2) is 34.5 Å². The molecule has 14 heteroatoms. The van der Waals surface area contributed by atoms with Gasteiger partial charge < -0.3 is 4.74 Å². The summed E-state index contributed by atoms with van der Waals surface area (Å²) in [5.74, 6) is -19.2. The van der Waals surface area contributed by atoms with Gasteiger partial charge in [-0.15, -0.1) is 5.11 Å². The number of aryl methyl sites for hydroxylation is 2. The first-order valence-electron chi connectivity index (χ1n) is 10.2. The van der Waals surface area contributed by atoms with E-state index in [1.54, 1.807) is 19.1 Å². The van der Waals surface area contributed by atoms with Crippen molar-refractivity contribution in [2.24, 2.45) is 10.2 Å². The van der Waals surface area contributed by atoms with E-state index in [0.717, 1.165) is 17.2 Å². The van der Waals surface area contributed by atoms with Crippen LogP contribution in [0.3, 0.4) is 0 Å². The predicted molar refractivity (Wildman–Crippen MR) is 108 cm³/mol. The third kappa shape index (κ3) is 5.96. The van der Waals surface area contributed by atoms with E-state index >= 15 is 0 Å². The Morgan fingerprint density at radius 1 is 1.03 bits per heavy atom. The number of ether oxygens (including phenoxy) is 1. The van der Waals surface area contributed by atoms with Crippen LogP contribution >= 0.6 is 0 Å². The van der Waals surface area contributed by atoms with E-state index in [-0.39, 0.29) is 37.4 Å². The maximum absolute atomic E-state index is 14.8. The average Bonchev–Trinajstić information content (AvgIpc) is 3.08. The van der Waals surface area contributed by atoms with E-state index in [0.29, 0.717) is 0 Å². The minimum Gasteiger partial charge on any atom is -0.466 e. The highest BCUT2D eigenvalue weighted by molar-refractivity contribution is 5.65. The zero-order chi connectivity index (χ0) is 26.6. The number of carbonyl (C=O) groups excluding carboxylic acids is 1. The van der Waals surface area contributed by atoms with Crippen molar-refractivity contribution in [3.8, 4) is 0 Å². The first-order chi connectivity index (χ1) is 16.1. The van der Waals surface area contributed by atoms with Gasteiger partial charge in [-0.2, -0.15) is 36.6 Å². The molecule has 0 saturated heterocycles. The number of hydrogen-bond donors (Lipinski definition) is 0. The Labute approximate surface area is 195 Å². The topological polar surface area (TPSA) is 68.8 Å². The molecule has 0 aliphatic rings. The molecule has 35 heavy (non-hydrogen) atoms. The van der Waals surface area contributed by atoms with Crippen LogP contribution in [0.5, 0.6) is 0 Å². The third-order valence-electron chi connectivity index (χ3n) is 4.93. The van der Waals surface area contributed by atoms with Crippen LogP contribution in [-0.4, -0.2) is 40.6 Å². The number of rotatable bonds is 11. The monoisotopic (exact) mass is 514 g/mol. The fourth-order valence-electron chi connectivity index (χ4n) is 2.88. The summed E-state index contributed by atoms with van der Waals surface area (Å²) in [6.45, 7) is 3.89. The lowest BCUT2D eigenvalue weighted by molar-refractivity contribution is -0.344. The van der Waals surface area contributed by atoms with E-state index in [4.69, 9.17) is 4.74 Å². The van der Waals surface area contributed by atoms with Gasteiger partial charge in [-0.05, 0) is 38.8 Å². The molecule has 1 aromatic carbocycles. The first-order valence-corrected chi connectivity index (χ1v) is 10.2. The van der Waals surface area contributed by atoms with Crippen LogP contribution in [0, 0.1) is 13.8 Å². The van der Waals surface area contributed by atoms with Crippen molar-refractivity contribution >= 4 is 17.3 Å². The summed E-state index contributed by atoms with van der Waals surface area (Å²) < 4.78 is 115. The quantitative estimate of drug-likeness (QED) is 0.142. The number of azo groups is 1. The van der Waals surface area contributed by atoms with Gasteiger partial charge in [-0.25, -0.2) is 8.78 Å². The number of halogens is 8. The maximum atomic E-state index is 14.8. The number of benzene rings is 1. The van der Waals surface area contributed by atoms with Crippen molar-refractivity contribution in [3.05, 3.63) is 41.2 Å². The van der Waals surface area contributed by atoms with Gasteiger partial charge >= 0.3 is 30.2 Å². The SMILES string of the molecule is CC(=O)OCCCCn1nc(C(F)(F)C(F)(F)C(F)(F)C(F)F)c(N=Nc2ccc(C)cc2)c1C. The van der Waals surface area contributed by atoms with Gasteiger partial charge in [-0.1, -0.05) is 17.7 Å². The molecule has 2 aromatic rings. The molecule has 1 aromatic heterocycles. The lowest BCUT2D eigenvalue weighted by Gasteiger charge is -2.31. The summed E-state index contributed by atoms with van der Waals surface area (Å²) in [5.41, 5.74) is -2.17. The fraction of sp³-hybridized carbons (Fsp3) is 0.524. The Bertz CT molecular complexity index is 1050. The van der Waals surface area contributed by atoms with Crippen molar-refractivity contribution in [2.45, 2.75) is 64.4 Å². The lowest BCUT2D eigenvalue weighted by Crippen LogP contribution is -2.56. The van der Waals surface area contributed by atoms with Gasteiger partial charge in [0, 0.05) is 13.5 Å². The molecule has 6 nitrogen and oxygen atoms in total. The largest absolute Gasteiger partial charge is 0.466 e. The summed E-state index contributed by atoms with van der Waals surface area (Å²) in [5, 5.41) is 10.5. The number of alkyl halides is 8. The third-order valence-corrected chi connectivity index (χ3v) is 4.93. The summed E-state index contributed by atoms with van der Waals surface area (Å²) >= 11 is 0. The number of unbranched alkanes of at least 4 members (excludes halogenated alkanes) is 1. The van der Waals surface area contributed by atoms with E-state index in [9.17, 15) is 39.9 Å². The van der Waals surface area contributed by atoms with Crippen molar-refractivity contribution < 1.29 is 44.7 Å². The summed E-state index contributed by atoms with van der Waals surface area (Å²) in [4.78, 5) is 10.8. The molecule has 1 heterocycles. The molecular formula is C21H22F8N4O2. The van der Waals surface area contributed by atoms with Crippen LogP contribution in [-0.2, 0) is 22.0 Å². The average molecular weight is 514 g/mol. The first kappa shape index (κ1) is 28.2. The second-order valence-corrected chi connectivity index (χ2v) is 7.66. The zero-order valence-corrected chi connectivity index (χ0v) is 18.8. The molecule has 0 aliphatic carbocycles. The van der Waals surface area contributed by atoms with E-state index in [1.807, 2.05) is 0 Å². The molecule has 0 amide bonds. The van der Waals surface area contributed by atoms with Crippen LogP contribution < -0.4 is 0 Å². The number of hydrogen-bond acceptors (Lipinski definition) is 5. The van der Waals surface area contributed by atoms with Gasteiger partial charge in [0.25, 0.3) is 0 Å². The summed E-state index contributed by atoms with van der Waals surface area (Å²) in [6, 6.07) is 6.07. The highest BCUT2D eigenvalue weighted by atomic mass is 19.4. The number of esters is 1. The molecule has 0 saturated carbocycles. The van der Waals surface area contributed by atoms with Crippen molar-refractivity contribution in [1.82, 2.24) is 9.78 Å². The van der Waals surface area contributed by atoms with Gasteiger partial charge in [0.2, 0.25) is 0 Å². The van der Waals surface area contributed by atoms with Gasteiger partial charge in [0.1, 0.15) is 5.69 Å². The highest BCUT2D eigenvalue weighted by Crippen LogP contribution is 2.55. The smallest absolute Gasteiger partial charge is 0.383 e. The molecule has 0 fully saturated rings. The Kier molecular flexibility index (Phi) is 8.61. The molecule has 0 radical (unpaired) electrons. The van der Waals surface area contributed by atoms with E-state index in [2.05, 4.69) is 15.3 Å². The van der Waals surface area contributed by atoms with Crippen LogP contribution in [0.4, 0.5) is 46.5 Å². The molecule has 0 bridgehead atoms. The van der Waals surface area contributed by atoms with Gasteiger partial charge in [0.15, 0.2) is 5.69 Å². The van der Waals surface area contributed by atoms with Gasteiger partial charge in [0.05, 0.1) is 18.0 Å². The number of nitrogens with zero attached hydrogens (tertiary/aromatic N) is 4. The summed E-state index contributed by atoms with van der Waals surface area (Å²) in [6.07, 6.45) is -4.66. The molecular weight excluding hydrogens is 492 g/mol. The highest BCUT2D eigenvalue weighted by Gasteiger charge is 2.77. The minimum absolute atomic E-state index is 0.0165. The molecule has 2 rings (SSSR count). The zero-order valence-electron chi connectivity index (χ0n) is 18.8. The Morgan fingerprint density at radius 3 is 2.17 bits per heavy atom. The number of carbonyl (C=O) groups is 1. The molecule has 0 unspecified atom stereocenters. The van der Waals surface area contributed by atoms with E-state index < -0.39 is 41.5 Å². The Balaban J connectivity index is 2.50. The fourth-order valence-corrected chi connectivity index (χ4v) is 2.88. The summed E-state index contributed by atoms with van der Waals surface area (Å²) in [7, 11) is 0. The molecule has 0 aliphatic heterocycles. The molecule has 0 spiro atoms. The predicted octanol–water partition coefficient (Wildman–Crippen LogP) is 6.89. The van der Waals surface area contributed by atoms with Crippen molar-refractivity contribution in [2.75, 3.05) is 6.61 Å². The van der Waals surface area contributed by atoms with E-state index in [1.165, 1.54) is 19.1 Å². The van der Waals surface area contributed by atoms with Gasteiger partial charge in [-0.3, -0.25) is 9.48 Å². The minimum atomic E-state index is -6.50. The van der Waals surface area contributed by atoms with Crippen molar-refractivity contribution in [1.29, 1.82) is 0 Å². The second-order valence-electron chi connectivity index (χ2n) is 7.66. The maximum Gasteiger partial charge on any atom is 0.383 e. The van der Waals surface area contributed by atoms with Crippen LogP contribution in [0.25, 0.3) is 0 Å². The molecule has 194 valence electrons. The van der Waals surface area contributed by atoms with Crippen LogP contribution in [0.2, 0.25) is 0 Å². The second kappa shape index (κ2) is 10.7. The normalized spacial score (nSPS) is 13.1. The van der Waals surface area contributed by atoms with Crippen LogP contribution in [0.1, 0.15) is 36.7 Å². The molecule has 0 N–H and O–H groups in total. The lowest BCUT2D eigenvalue weighted by atomic mass is 10.0. The standard InChI is InChI=1S/C21H22F8N4O2/c1-12-6-8-15(9-7-12)30-31-16-13(2)33(10-4-5-11-35-14(3)34)32-17(16)19(24,25)21(28,29)20(26,27)18(22)23/h6-9,18H,4-5,10-11H2,1-3H3. The van der Waals surface area contributed by atoms with Crippen molar-refractivity contribution in [3.63, 3.8) is 0 Å². The molecule has 0 atom stereocenters. The Hall–Kier alpha value is -3.06. The number of aromatic nitrogens is 2. The Morgan fingerprint density at radius 2 is 1.63 bits per heavy atom.